The van der Waals surface area contributed by atoms with Crippen LogP contribution >= 0.6 is 0 Å². The summed E-state index contributed by atoms with van der Waals surface area (Å²) in [7, 11) is 0. The van der Waals surface area contributed by atoms with Gasteiger partial charge in [0.05, 0.1) is 5.92 Å². The minimum atomic E-state index is -0.106. The van der Waals surface area contributed by atoms with Crippen molar-refractivity contribution in [2.75, 3.05) is 31.5 Å². The number of nitrogens with one attached hydrogen (secondary N) is 2. The number of hydrogen-bond acceptors (Lipinski definition) is 3. The van der Waals surface area contributed by atoms with E-state index in [9.17, 15) is 9.59 Å². The number of piperidine rings is 1. The zero-order valence-corrected chi connectivity index (χ0v) is 15.2. The molecule has 3 aliphatic heterocycles. The summed E-state index contributed by atoms with van der Waals surface area (Å²) in [4.78, 5) is 29.4. The zero-order chi connectivity index (χ0) is 17.9. The summed E-state index contributed by atoms with van der Waals surface area (Å²) in [5.41, 5.74) is 0.792. The van der Waals surface area contributed by atoms with E-state index in [0.717, 1.165) is 38.0 Å². The van der Waals surface area contributed by atoms with E-state index >= 15 is 0 Å². The third kappa shape index (κ3) is 3.85. The molecule has 6 heteroatoms. The van der Waals surface area contributed by atoms with Crippen LogP contribution in [0.5, 0.6) is 0 Å². The minimum Gasteiger partial charge on any atom is -0.341 e. The van der Waals surface area contributed by atoms with Crippen LogP contribution < -0.4 is 10.6 Å². The summed E-state index contributed by atoms with van der Waals surface area (Å²) in [5.74, 6) is 0.165. The first-order valence-corrected chi connectivity index (χ1v) is 9.85. The first kappa shape index (κ1) is 17.3. The van der Waals surface area contributed by atoms with E-state index in [2.05, 4.69) is 10.6 Å². The van der Waals surface area contributed by atoms with Crippen molar-refractivity contribution in [3.63, 3.8) is 0 Å². The van der Waals surface area contributed by atoms with E-state index in [1.807, 2.05) is 35.2 Å². The van der Waals surface area contributed by atoms with Gasteiger partial charge < -0.3 is 20.4 Å². The van der Waals surface area contributed by atoms with Gasteiger partial charge >= 0.3 is 6.03 Å². The molecule has 26 heavy (non-hydrogen) atoms. The van der Waals surface area contributed by atoms with E-state index in [1.165, 1.54) is 12.8 Å². The van der Waals surface area contributed by atoms with E-state index in [1.54, 1.807) is 4.90 Å². The highest BCUT2D eigenvalue weighted by Crippen LogP contribution is 2.24. The summed E-state index contributed by atoms with van der Waals surface area (Å²) in [6, 6.07) is 10.4. The molecular weight excluding hydrogens is 328 g/mol. The maximum absolute atomic E-state index is 13.0. The molecule has 1 aromatic rings. The van der Waals surface area contributed by atoms with Gasteiger partial charge in [-0.1, -0.05) is 18.2 Å². The van der Waals surface area contributed by atoms with Gasteiger partial charge in [-0.05, 0) is 44.2 Å². The number of likely N-dealkylation sites (tertiary alicyclic amines) is 2. The van der Waals surface area contributed by atoms with Crippen LogP contribution in [0.25, 0.3) is 0 Å². The Morgan fingerprint density at radius 3 is 2.58 bits per heavy atom. The van der Waals surface area contributed by atoms with Crippen molar-refractivity contribution in [1.82, 2.24) is 15.1 Å². The van der Waals surface area contributed by atoms with Crippen LogP contribution in [-0.2, 0) is 4.79 Å². The molecule has 3 amide bonds. The molecule has 0 aromatic heterocycles. The molecular formula is C20H28N4O2. The van der Waals surface area contributed by atoms with Gasteiger partial charge in [0.25, 0.3) is 0 Å². The molecule has 3 saturated heterocycles. The SMILES string of the molecule is O=C(Nc1ccccc1)N1CCCC(C(=O)N2CCC3CCC(C2)N3)C1. The third-order valence-corrected chi connectivity index (χ3v) is 5.92. The average Bonchev–Trinajstić information content (AvgIpc) is 3.01. The maximum Gasteiger partial charge on any atom is 0.321 e. The van der Waals surface area contributed by atoms with Crippen LogP contribution in [0.3, 0.4) is 0 Å². The van der Waals surface area contributed by atoms with Crippen LogP contribution in [0, 0.1) is 5.92 Å². The number of anilines is 1. The van der Waals surface area contributed by atoms with Gasteiger partial charge in [0.15, 0.2) is 0 Å². The number of para-hydroxylation sites is 1. The monoisotopic (exact) mass is 356 g/mol. The molecule has 140 valence electrons. The van der Waals surface area contributed by atoms with Gasteiger partial charge in [-0.15, -0.1) is 0 Å². The zero-order valence-electron chi connectivity index (χ0n) is 15.2. The molecule has 1 aromatic carbocycles. The van der Waals surface area contributed by atoms with Crippen molar-refractivity contribution in [2.45, 2.75) is 44.2 Å². The van der Waals surface area contributed by atoms with Crippen LogP contribution in [0.2, 0.25) is 0 Å². The first-order chi connectivity index (χ1) is 12.7. The lowest BCUT2D eigenvalue weighted by molar-refractivity contribution is -0.137. The summed E-state index contributed by atoms with van der Waals surface area (Å²) >= 11 is 0. The lowest BCUT2D eigenvalue weighted by Gasteiger charge is -2.35. The Morgan fingerprint density at radius 2 is 1.73 bits per heavy atom. The normalized spacial score (nSPS) is 28.5. The van der Waals surface area contributed by atoms with Crippen molar-refractivity contribution < 1.29 is 9.59 Å². The first-order valence-electron chi connectivity index (χ1n) is 9.85. The molecule has 3 unspecified atom stereocenters. The Morgan fingerprint density at radius 1 is 0.923 bits per heavy atom. The van der Waals surface area contributed by atoms with Gasteiger partial charge in [-0.2, -0.15) is 0 Å². The standard InChI is InChI=1S/C20H28N4O2/c25-19(23-12-10-17-8-9-18(14-23)21-17)15-5-4-11-24(13-15)20(26)22-16-6-2-1-3-7-16/h1-3,6-7,15,17-18,21H,4-5,8-14H2,(H,22,26). The number of fused-ring (bicyclic) bond motifs is 2. The molecule has 3 atom stereocenters. The molecule has 0 aliphatic carbocycles. The molecule has 3 heterocycles. The van der Waals surface area contributed by atoms with E-state index in [-0.39, 0.29) is 17.9 Å². The highest BCUT2D eigenvalue weighted by Gasteiger charge is 2.35. The van der Waals surface area contributed by atoms with Crippen molar-refractivity contribution in [2.24, 2.45) is 5.92 Å². The van der Waals surface area contributed by atoms with Gasteiger partial charge in [-0.25, -0.2) is 4.79 Å². The van der Waals surface area contributed by atoms with Gasteiger partial charge in [0.2, 0.25) is 5.91 Å². The Hall–Kier alpha value is -2.08. The fourth-order valence-corrected chi connectivity index (χ4v) is 4.49. The Labute approximate surface area is 154 Å². The number of rotatable bonds is 2. The fraction of sp³-hybridized carbons (Fsp3) is 0.600. The van der Waals surface area contributed by atoms with Crippen LogP contribution in [-0.4, -0.2) is 60.0 Å². The third-order valence-electron chi connectivity index (χ3n) is 5.92. The molecule has 3 fully saturated rings. The predicted octanol–water partition coefficient (Wildman–Crippen LogP) is 2.28. The lowest BCUT2D eigenvalue weighted by atomic mass is 9.96. The number of hydrogen-bond donors (Lipinski definition) is 2. The van der Waals surface area contributed by atoms with Crippen molar-refractivity contribution >= 4 is 17.6 Å². The highest BCUT2D eigenvalue weighted by molar-refractivity contribution is 5.90. The van der Waals surface area contributed by atoms with Crippen LogP contribution in [0.1, 0.15) is 32.1 Å². The number of amides is 3. The van der Waals surface area contributed by atoms with Crippen molar-refractivity contribution in [1.29, 1.82) is 0 Å². The molecule has 4 rings (SSSR count). The Kier molecular flexibility index (Phi) is 5.11. The summed E-state index contributed by atoms with van der Waals surface area (Å²) in [5, 5.41) is 6.56. The van der Waals surface area contributed by atoms with E-state index in [0.29, 0.717) is 25.2 Å². The quantitative estimate of drug-likeness (QED) is 0.854. The van der Waals surface area contributed by atoms with Gasteiger partial charge in [0.1, 0.15) is 0 Å². The molecule has 0 radical (unpaired) electrons. The van der Waals surface area contributed by atoms with Crippen LogP contribution in [0.4, 0.5) is 10.5 Å². The summed E-state index contributed by atoms with van der Waals surface area (Å²) < 4.78 is 0. The number of benzene rings is 1. The van der Waals surface area contributed by atoms with Gasteiger partial charge in [-0.3, -0.25) is 4.79 Å². The lowest BCUT2D eigenvalue weighted by Crippen LogP contribution is -2.49. The fourth-order valence-electron chi connectivity index (χ4n) is 4.49. The number of nitrogens with zero attached hydrogens (tertiary/aromatic N) is 2. The van der Waals surface area contributed by atoms with Gasteiger partial charge in [0, 0.05) is 44.0 Å². The average molecular weight is 356 g/mol. The van der Waals surface area contributed by atoms with Crippen molar-refractivity contribution in [3.05, 3.63) is 30.3 Å². The minimum absolute atomic E-state index is 0.0677. The van der Waals surface area contributed by atoms with E-state index < -0.39 is 0 Å². The number of urea groups is 1. The van der Waals surface area contributed by atoms with E-state index in [4.69, 9.17) is 0 Å². The molecule has 3 aliphatic rings. The number of carbonyl (C=O) groups excluding carboxylic acids is 2. The molecule has 0 spiro atoms. The maximum atomic E-state index is 13.0. The Balaban J connectivity index is 1.35. The topological polar surface area (TPSA) is 64.7 Å². The largest absolute Gasteiger partial charge is 0.341 e. The second-order valence-electron chi connectivity index (χ2n) is 7.79. The summed E-state index contributed by atoms with van der Waals surface area (Å²) in [6.45, 7) is 2.91. The number of carbonyl (C=O) groups is 2. The van der Waals surface area contributed by atoms with Crippen molar-refractivity contribution in [3.8, 4) is 0 Å². The molecule has 0 saturated carbocycles. The second-order valence-corrected chi connectivity index (χ2v) is 7.79. The second kappa shape index (κ2) is 7.66. The molecule has 6 nitrogen and oxygen atoms in total. The Bertz CT molecular complexity index is 650. The smallest absolute Gasteiger partial charge is 0.321 e. The van der Waals surface area contributed by atoms with Crippen LogP contribution in [0.15, 0.2) is 30.3 Å². The molecule has 2 N–H and O–H groups in total. The predicted molar refractivity (Wildman–Crippen MR) is 101 cm³/mol. The highest BCUT2D eigenvalue weighted by atomic mass is 16.2. The summed E-state index contributed by atoms with van der Waals surface area (Å²) in [6.07, 6.45) is 5.23. The molecule has 2 bridgehead atoms.